The molecule has 100 valence electrons. The predicted molar refractivity (Wildman–Crippen MR) is 77.1 cm³/mol. The van der Waals surface area contributed by atoms with Gasteiger partial charge >= 0.3 is 0 Å². The first-order chi connectivity index (χ1) is 9.07. The largest absolute Gasteiger partial charge is 0.352 e. The third kappa shape index (κ3) is 2.62. The molecule has 2 aromatic rings. The summed E-state index contributed by atoms with van der Waals surface area (Å²) in [6, 6.07) is 8.15. The zero-order valence-electron chi connectivity index (χ0n) is 10.8. The number of benzene rings is 1. The monoisotopic (exact) mass is 275 g/mol. The van der Waals surface area contributed by atoms with E-state index >= 15 is 0 Å². The van der Waals surface area contributed by atoms with Gasteiger partial charge in [-0.05, 0) is 31.9 Å². The quantitative estimate of drug-likeness (QED) is 0.894. The molecule has 0 aliphatic heterocycles. The van der Waals surface area contributed by atoms with Crippen LogP contribution in [0.5, 0.6) is 0 Å². The average Bonchev–Trinajstić information content (AvgIpc) is 2.99. The summed E-state index contributed by atoms with van der Waals surface area (Å²) in [6.07, 6.45) is 2.35. The number of fused-ring (bicyclic) bond motifs is 1. The molecule has 3 rings (SSSR count). The van der Waals surface area contributed by atoms with E-state index in [2.05, 4.69) is 16.4 Å². The summed E-state index contributed by atoms with van der Waals surface area (Å²) < 4.78 is 1.19. The first kappa shape index (κ1) is 12.6. The molecule has 0 radical (unpaired) electrons. The molecular weight excluding hydrogens is 258 g/mol. The number of carbonyl (C=O) groups is 1. The second kappa shape index (κ2) is 4.58. The van der Waals surface area contributed by atoms with Gasteiger partial charge in [0, 0.05) is 12.5 Å². The van der Waals surface area contributed by atoms with Gasteiger partial charge in [-0.15, -0.1) is 11.3 Å². The summed E-state index contributed by atoms with van der Waals surface area (Å²) >= 11 is 1.68. The molecule has 1 unspecified atom stereocenters. The van der Waals surface area contributed by atoms with Crippen molar-refractivity contribution in [1.82, 2.24) is 10.3 Å². The topological polar surface area (TPSA) is 68.0 Å². The first-order valence-electron chi connectivity index (χ1n) is 6.51. The lowest BCUT2D eigenvalue weighted by molar-refractivity contribution is -0.123. The number of rotatable bonds is 4. The lowest BCUT2D eigenvalue weighted by Gasteiger charge is -2.15. The van der Waals surface area contributed by atoms with Gasteiger partial charge < -0.3 is 11.1 Å². The fourth-order valence-corrected chi connectivity index (χ4v) is 3.15. The minimum Gasteiger partial charge on any atom is -0.352 e. The minimum absolute atomic E-state index is 0.0267. The number of nitrogens with two attached hydrogens (primary N) is 1. The fourth-order valence-electron chi connectivity index (χ4n) is 2.05. The third-order valence-corrected chi connectivity index (χ3v) is 4.50. The smallest absolute Gasteiger partial charge is 0.240 e. The van der Waals surface area contributed by atoms with E-state index in [0.717, 1.165) is 29.8 Å². The van der Waals surface area contributed by atoms with Gasteiger partial charge in [0.1, 0.15) is 0 Å². The highest BCUT2D eigenvalue weighted by Gasteiger charge is 2.46. The van der Waals surface area contributed by atoms with Crippen LogP contribution in [0.4, 0.5) is 0 Å². The molecule has 1 aliphatic rings. The third-order valence-electron chi connectivity index (χ3n) is 3.44. The number of hydrogen-bond acceptors (Lipinski definition) is 4. The molecular formula is C14H17N3OS. The number of carbonyl (C=O) groups excluding carboxylic acids is 1. The molecule has 1 fully saturated rings. The van der Waals surface area contributed by atoms with Crippen LogP contribution in [-0.2, 0) is 11.2 Å². The maximum atomic E-state index is 11.8. The molecule has 4 nitrogen and oxygen atoms in total. The SMILES string of the molecule is CC(Cc1nc2ccccc2s1)NC(=O)C1(N)CC1. The molecule has 0 bridgehead atoms. The molecule has 1 saturated carbocycles. The average molecular weight is 275 g/mol. The van der Waals surface area contributed by atoms with Crippen molar-refractivity contribution < 1.29 is 4.79 Å². The number of nitrogens with zero attached hydrogens (tertiary/aromatic N) is 1. The van der Waals surface area contributed by atoms with Gasteiger partial charge in [-0.2, -0.15) is 0 Å². The van der Waals surface area contributed by atoms with Crippen molar-refractivity contribution in [3.05, 3.63) is 29.3 Å². The summed E-state index contributed by atoms with van der Waals surface area (Å²) in [4.78, 5) is 16.4. The number of thiazole rings is 1. The second-order valence-electron chi connectivity index (χ2n) is 5.31. The lowest BCUT2D eigenvalue weighted by Crippen LogP contribution is -2.46. The van der Waals surface area contributed by atoms with Crippen molar-refractivity contribution in [3.8, 4) is 0 Å². The van der Waals surface area contributed by atoms with Gasteiger partial charge in [0.15, 0.2) is 0 Å². The van der Waals surface area contributed by atoms with Crippen LogP contribution in [-0.4, -0.2) is 22.5 Å². The van der Waals surface area contributed by atoms with Crippen molar-refractivity contribution >= 4 is 27.5 Å². The van der Waals surface area contributed by atoms with Crippen molar-refractivity contribution in [2.24, 2.45) is 5.73 Å². The molecule has 1 amide bonds. The molecule has 0 saturated heterocycles. The first-order valence-corrected chi connectivity index (χ1v) is 7.33. The Morgan fingerprint density at radius 1 is 1.53 bits per heavy atom. The molecule has 3 N–H and O–H groups in total. The predicted octanol–water partition coefficient (Wildman–Crippen LogP) is 1.83. The highest BCUT2D eigenvalue weighted by Crippen LogP contribution is 2.32. The lowest BCUT2D eigenvalue weighted by atomic mass is 10.2. The molecule has 0 spiro atoms. The molecule has 1 aliphatic carbocycles. The van der Waals surface area contributed by atoms with E-state index in [1.807, 2.05) is 25.1 Å². The summed E-state index contributed by atoms with van der Waals surface area (Å²) in [6.45, 7) is 2.00. The zero-order chi connectivity index (χ0) is 13.5. The zero-order valence-corrected chi connectivity index (χ0v) is 11.7. The van der Waals surface area contributed by atoms with Crippen LogP contribution in [0.15, 0.2) is 24.3 Å². The Bertz CT molecular complexity index is 585. The van der Waals surface area contributed by atoms with Gasteiger partial charge in [0.2, 0.25) is 5.91 Å². The van der Waals surface area contributed by atoms with Crippen LogP contribution in [0.1, 0.15) is 24.8 Å². The number of para-hydroxylation sites is 1. The Hall–Kier alpha value is -1.46. The Morgan fingerprint density at radius 3 is 2.95 bits per heavy atom. The van der Waals surface area contributed by atoms with Gasteiger partial charge in [-0.1, -0.05) is 12.1 Å². The van der Waals surface area contributed by atoms with E-state index < -0.39 is 5.54 Å². The van der Waals surface area contributed by atoms with Gasteiger partial charge in [-0.3, -0.25) is 4.79 Å². The molecule has 1 atom stereocenters. The Kier molecular flexibility index (Phi) is 3.03. The number of nitrogens with one attached hydrogen (secondary N) is 1. The van der Waals surface area contributed by atoms with Crippen LogP contribution in [0, 0.1) is 0 Å². The Morgan fingerprint density at radius 2 is 2.26 bits per heavy atom. The van der Waals surface area contributed by atoms with E-state index in [9.17, 15) is 4.79 Å². The minimum atomic E-state index is -0.595. The molecule has 19 heavy (non-hydrogen) atoms. The highest BCUT2D eigenvalue weighted by molar-refractivity contribution is 7.18. The van der Waals surface area contributed by atoms with Gasteiger partial charge in [0.05, 0.1) is 20.8 Å². The molecule has 1 aromatic heterocycles. The van der Waals surface area contributed by atoms with E-state index in [0.29, 0.717) is 0 Å². The Balaban J connectivity index is 1.65. The number of hydrogen-bond donors (Lipinski definition) is 2. The van der Waals surface area contributed by atoms with Gasteiger partial charge in [0.25, 0.3) is 0 Å². The molecule has 5 heteroatoms. The molecule has 1 heterocycles. The maximum absolute atomic E-state index is 11.8. The standard InChI is InChI=1S/C14H17N3OS/c1-9(16-13(18)14(15)6-7-14)8-12-17-10-4-2-3-5-11(10)19-12/h2-5,9H,6-8,15H2,1H3,(H,16,18). The van der Waals surface area contributed by atoms with E-state index in [1.165, 1.54) is 4.70 Å². The van der Waals surface area contributed by atoms with Crippen molar-refractivity contribution in [2.45, 2.75) is 37.8 Å². The second-order valence-corrected chi connectivity index (χ2v) is 6.43. The van der Waals surface area contributed by atoms with Crippen LogP contribution < -0.4 is 11.1 Å². The van der Waals surface area contributed by atoms with Crippen molar-refractivity contribution in [2.75, 3.05) is 0 Å². The van der Waals surface area contributed by atoms with Crippen molar-refractivity contribution in [3.63, 3.8) is 0 Å². The van der Waals surface area contributed by atoms with Gasteiger partial charge in [-0.25, -0.2) is 4.98 Å². The maximum Gasteiger partial charge on any atom is 0.240 e. The van der Waals surface area contributed by atoms with E-state index in [-0.39, 0.29) is 11.9 Å². The highest BCUT2D eigenvalue weighted by atomic mass is 32.1. The summed E-state index contributed by atoms with van der Waals surface area (Å²) in [5, 5.41) is 4.03. The fraction of sp³-hybridized carbons (Fsp3) is 0.429. The normalized spacial score (nSPS) is 18.2. The van der Waals surface area contributed by atoms with E-state index in [1.54, 1.807) is 11.3 Å². The van der Waals surface area contributed by atoms with Crippen LogP contribution >= 0.6 is 11.3 Å². The molecule has 1 aromatic carbocycles. The number of amides is 1. The van der Waals surface area contributed by atoms with Crippen LogP contribution in [0.25, 0.3) is 10.2 Å². The van der Waals surface area contributed by atoms with Crippen LogP contribution in [0.2, 0.25) is 0 Å². The number of aromatic nitrogens is 1. The van der Waals surface area contributed by atoms with Crippen molar-refractivity contribution in [1.29, 1.82) is 0 Å². The summed E-state index contributed by atoms with van der Waals surface area (Å²) in [5.74, 6) is -0.0267. The Labute approximate surface area is 116 Å². The van der Waals surface area contributed by atoms with E-state index in [4.69, 9.17) is 5.73 Å². The summed E-state index contributed by atoms with van der Waals surface area (Å²) in [7, 11) is 0. The summed E-state index contributed by atoms with van der Waals surface area (Å²) in [5.41, 5.74) is 6.30. The van der Waals surface area contributed by atoms with Crippen LogP contribution in [0.3, 0.4) is 0 Å².